The maximum Gasteiger partial charge on any atom is 0.166 e. The van der Waals surface area contributed by atoms with Gasteiger partial charge in [-0.2, -0.15) is 0 Å². The van der Waals surface area contributed by atoms with Gasteiger partial charge in [0, 0.05) is 35.5 Å². The molecule has 2 atom stereocenters. The molecule has 1 saturated heterocycles. The van der Waals surface area contributed by atoms with Gasteiger partial charge in [-0.1, -0.05) is 43.5 Å². The molecule has 1 aliphatic heterocycles. The van der Waals surface area contributed by atoms with Gasteiger partial charge in [-0.15, -0.1) is 0 Å². The number of hydrogen-bond donors (Lipinski definition) is 3. The highest BCUT2D eigenvalue weighted by atomic mass is 35.5. The molecule has 1 heterocycles. The Hall–Kier alpha value is -0.840. The van der Waals surface area contributed by atoms with Crippen molar-refractivity contribution in [3.8, 4) is 0 Å². The van der Waals surface area contributed by atoms with Crippen molar-refractivity contribution in [2.24, 2.45) is 5.92 Å². The quantitative estimate of drug-likeness (QED) is 0.701. The van der Waals surface area contributed by atoms with Crippen LogP contribution in [-0.4, -0.2) is 30.3 Å². The van der Waals surface area contributed by atoms with Crippen molar-refractivity contribution in [1.82, 2.24) is 10.6 Å². The normalized spacial score (nSPS) is 29.8. The van der Waals surface area contributed by atoms with Crippen LogP contribution in [-0.2, 0) is 6.54 Å². The first-order valence-electron chi connectivity index (χ1n) is 9.75. The molecule has 0 unspecified atom stereocenters. The third-order valence-corrected chi connectivity index (χ3v) is 6.31. The largest absolute Gasteiger partial charge is 0.360 e. The van der Waals surface area contributed by atoms with Gasteiger partial charge in [0.2, 0.25) is 0 Å². The lowest BCUT2D eigenvalue weighted by Crippen LogP contribution is -3.12. The zero-order valence-electron chi connectivity index (χ0n) is 15.2. The molecule has 1 saturated carbocycles. The van der Waals surface area contributed by atoms with Crippen LogP contribution in [0.1, 0.15) is 51.0 Å². The Labute approximate surface area is 162 Å². The summed E-state index contributed by atoms with van der Waals surface area (Å²) in [6.45, 7) is 5.83. The Balaban J connectivity index is 1.38. The molecule has 0 radical (unpaired) electrons. The van der Waals surface area contributed by atoms with E-state index in [1.54, 1.807) is 4.90 Å². The first-order chi connectivity index (χ1) is 12.1. The average molecular weight is 381 g/mol. The number of benzene rings is 1. The summed E-state index contributed by atoms with van der Waals surface area (Å²) in [6.07, 6.45) is 7.65. The molecule has 3 nitrogen and oxygen atoms in total. The maximum absolute atomic E-state index is 5.97. The van der Waals surface area contributed by atoms with E-state index in [0.29, 0.717) is 12.1 Å². The maximum atomic E-state index is 5.97. The van der Waals surface area contributed by atoms with E-state index in [-0.39, 0.29) is 0 Å². The van der Waals surface area contributed by atoms with E-state index in [1.165, 1.54) is 57.2 Å². The molecule has 2 aliphatic rings. The van der Waals surface area contributed by atoms with Gasteiger partial charge in [0.15, 0.2) is 5.11 Å². The van der Waals surface area contributed by atoms with Crippen LogP contribution in [0.15, 0.2) is 24.3 Å². The van der Waals surface area contributed by atoms with Crippen LogP contribution in [0, 0.1) is 5.92 Å². The Morgan fingerprint density at radius 2 is 1.76 bits per heavy atom. The van der Waals surface area contributed by atoms with Crippen molar-refractivity contribution in [3.05, 3.63) is 34.9 Å². The molecule has 3 rings (SSSR count). The average Bonchev–Trinajstić information content (AvgIpc) is 2.61. The first kappa shape index (κ1) is 18.9. The summed E-state index contributed by atoms with van der Waals surface area (Å²) in [4.78, 5) is 1.65. The molecule has 0 spiro atoms. The van der Waals surface area contributed by atoms with Gasteiger partial charge < -0.3 is 15.5 Å². The van der Waals surface area contributed by atoms with E-state index in [1.807, 2.05) is 12.1 Å². The third-order valence-electron chi connectivity index (χ3n) is 5.82. The highest BCUT2D eigenvalue weighted by Gasteiger charge is 2.25. The van der Waals surface area contributed by atoms with Crippen LogP contribution in [0.25, 0.3) is 0 Å². The fraction of sp³-hybridized carbons (Fsp3) is 0.650. The van der Waals surface area contributed by atoms with Crippen LogP contribution >= 0.6 is 23.8 Å². The lowest BCUT2D eigenvalue weighted by molar-refractivity contribution is -0.918. The minimum Gasteiger partial charge on any atom is -0.360 e. The fourth-order valence-corrected chi connectivity index (χ4v) is 4.61. The number of quaternary nitrogens is 1. The first-order valence-corrected chi connectivity index (χ1v) is 10.5. The Kier molecular flexibility index (Phi) is 6.97. The van der Waals surface area contributed by atoms with Crippen molar-refractivity contribution in [1.29, 1.82) is 0 Å². The van der Waals surface area contributed by atoms with Gasteiger partial charge in [-0.05, 0) is 43.1 Å². The molecular weight excluding hydrogens is 350 g/mol. The molecule has 1 aromatic carbocycles. The number of piperidine rings is 1. The Bertz CT molecular complexity index is 555. The molecule has 25 heavy (non-hydrogen) atoms. The molecular formula is C20H31ClN3S+. The van der Waals surface area contributed by atoms with Crippen molar-refractivity contribution < 1.29 is 4.90 Å². The number of halogens is 1. The number of likely N-dealkylation sites (tertiary alicyclic amines) is 1. The Morgan fingerprint density at radius 3 is 2.44 bits per heavy atom. The summed E-state index contributed by atoms with van der Waals surface area (Å²) in [5.74, 6) is 0.735. The number of nitrogens with one attached hydrogen (secondary N) is 3. The van der Waals surface area contributed by atoms with Crippen LogP contribution in [0.4, 0.5) is 0 Å². The minimum absolute atomic E-state index is 0.521. The molecule has 138 valence electrons. The zero-order valence-corrected chi connectivity index (χ0v) is 16.8. The van der Waals surface area contributed by atoms with Gasteiger partial charge in [-0.3, -0.25) is 0 Å². The molecule has 0 aromatic heterocycles. The fourth-order valence-electron chi connectivity index (χ4n) is 4.16. The standard InChI is InChI=1S/C20H30ClN3S/c1-15-4-2-3-5-19(15)23-20(25)22-18-10-12-24(13-11-18)14-16-6-8-17(21)9-7-16/h6-9,15,18-19H,2-5,10-14H2,1H3,(H2,22,23,25)/p+1/t15-,19-/m0/s1. The summed E-state index contributed by atoms with van der Waals surface area (Å²) in [5, 5.41) is 8.82. The van der Waals surface area contributed by atoms with Crippen molar-refractivity contribution in [2.45, 2.75) is 64.1 Å². The van der Waals surface area contributed by atoms with Crippen molar-refractivity contribution >= 4 is 28.9 Å². The second-order valence-electron chi connectivity index (χ2n) is 7.81. The van der Waals surface area contributed by atoms with E-state index in [4.69, 9.17) is 23.8 Å². The summed E-state index contributed by atoms with van der Waals surface area (Å²) in [5.41, 5.74) is 1.37. The van der Waals surface area contributed by atoms with Gasteiger partial charge in [0.25, 0.3) is 0 Å². The van der Waals surface area contributed by atoms with Gasteiger partial charge in [-0.25, -0.2) is 0 Å². The van der Waals surface area contributed by atoms with E-state index >= 15 is 0 Å². The molecule has 5 heteroatoms. The molecule has 2 fully saturated rings. The van der Waals surface area contributed by atoms with Crippen molar-refractivity contribution in [2.75, 3.05) is 13.1 Å². The Morgan fingerprint density at radius 1 is 1.08 bits per heavy atom. The molecule has 1 aliphatic carbocycles. The third kappa shape index (κ3) is 5.83. The highest BCUT2D eigenvalue weighted by molar-refractivity contribution is 7.80. The zero-order chi connectivity index (χ0) is 17.6. The van der Waals surface area contributed by atoms with Crippen LogP contribution in [0.2, 0.25) is 5.02 Å². The second-order valence-corrected chi connectivity index (χ2v) is 8.66. The van der Waals surface area contributed by atoms with E-state index in [2.05, 4.69) is 29.7 Å². The van der Waals surface area contributed by atoms with Crippen molar-refractivity contribution in [3.63, 3.8) is 0 Å². The molecule has 1 aromatic rings. The predicted octanol–water partition coefficient (Wildman–Crippen LogP) is 2.93. The predicted molar refractivity (Wildman–Crippen MR) is 109 cm³/mol. The lowest BCUT2D eigenvalue weighted by Gasteiger charge is -2.33. The monoisotopic (exact) mass is 380 g/mol. The topological polar surface area (TPSA) is 28.5 Å². The lowest BCUT2D eigenvalue weighted by atomic mass is 9.86. The SMILES string of the molecule is C[C@H]1CCCC[C@@H]1NC(=S)NC1CC[NH+](Cc2ccc(Cl)cc2)CC1. The molecule has 0 amide bonds. The number of hydrogen-bond acceptors (Lipinski definition) is 1. The summed E-state index contributed by atoms with van der Waals surface area (Å²) >= 11 is 11.5. The summed E-state index contributed by atoms with van der Waals surface area (Å²) in [6, 6.07) is 9.34. The number of rotatable bonds is 4. The molecule has 3 N–H and O–H groups in total. The van der Waals surface area contributed by atoms with E-state index in [0.717, 1.165) is 22.6 Å². The van der Waals surface area contributed by atoms with E-state index in [9.17, 15) is 0 Å². The van der Waals surface area contributed by atoms with Gasteiger partial charge in [0.1, 0.15) is 6.54 Å². The minimum atomic E-state index is 0.521. The van der Waals surface area contributed by atoms with Gasteiger partial charge >= 0.3 is 0 Å². The van der Waals surface area contributed by atoms with Crippen LogP contribution in [0.5, 0.6) is 0 Å². The molecule has 0 bridgehead atoms. The smallest absolute Gasteiger partial charge is 0.166 e. The van der Waals surface area contributed by atoms with Crippen LogP contribution in [0.3, 0.4) is 0 Å². The second kappa shape index (κ2) is 9.20. The van der Waals surface area contributed by atoms with Crippen LogP contribution < -0.4 is 15.5 Å². The highest BCUT2D eigenvalue weighted by Crippen LogP contribution is 2.23. The summed E-state index contributed by atoms with van der Waals surface area (Å²) in [7, 11) is 0. The number of thiocarbonyl (C=S) groups is 1. The van der Waals surface area contributed by atoms with E-state index < -0.39 is 0 Å². The van der Waals surface area contributed by atoms with Gasteiger partial charge in [0.05, 0.1) is 13.1 Å². The summed E-state index contributed by atoms with van der Waals surface area (Å²) < 4.78 is 0.